The van der Waals surface area contributed by atoms with Gasteiger partial charge < -0.3 is 4.74 Å². The van der Waals surface area contributed by atoms with Crippen molar-refractivity contribution in [1.82, 2.24) is 0 Å². The van der Waals surface area contributed by atoms with Gasteiger partial charge in [-0.3, -0.25) is 0 Å². The van der Waals surface area contributed by atoms with Crippen molar-refractivity contribution >= 4 is 27.3 Å². The van der Waals surface area contributed by atoms with E-state index in [4.69, 9.17) is 4.74 Å². The Kier molecular flexibility index (Phi) is 3.40. The number of ether oxygens (including phenoxy) is 1. The van der Waals surface area contributed by atoms with Gasteiger partial charge >= 0.3 is 0 Å². The predicted molar refractivity (Wildman–Crippen MR) is 25.8 cm³/mol. The molecular formula is C4H8OPb. The molecule has 1 saturated heterocycles. The van der Waals surface area contributed by atoms with Crippen molar-refractivity contribution in [1.29, 1.82) is 0 Å². The van der Waals surface area contributed by atoms with Crippen LogP contribution in [0.2, 0.25) is 0 Å². The quantitative estimate of drug-likeness (QED) is 0.500. The zero-order valence-electron chi connectivity index (χ0n) is 3.90. The van der Waals surface area contributed by atoms with E-state index in [1.165, 1.54) is 6.42 Å². The van der Waals surface area contributed by atoms with Crippen molar-refractivity contribution in [2.45, 2.75) is 19.4 Å². The van der Waals surface area contributed by atoms with Gasteiger partial charge in [0.05, 0.1) is 12.7 Å². The summed E-state index contributed by atoms with van der Waals surface area (Å²) in [6.45, 7) is 3.15. The standard InChI is InChI=1S/C4H8O.Pb/c1-2-4-3-5-4;/h4H,2-3H2,1H3;. The number of rotatable bonds is 1. The number of epoxide rings is 1. The van der Waals surface area contributed by atoms with Crippen LogP contribution in [0.25, 0.3) is 0 Å². The van der Waals surface area contributed by atoms with Gasteiger partial charge in [0, 0.05) is 27.3 Å². The summed E-state index contributed by atoms with van der Waals surface area (Å²) in [5.41, 5.74) is 0. The molecule has 1 fully saturated rings. The molecule has 0 aromatic rings. The van der Waals surface area contributed by atoms with Crippen molar-refractivity contribution in [2.75, 3.05) is 6.61 Å². The van der Waals surface area contributed by atoms with Gasteiger partial charge in [0.25, 0.3) is 0 Å². The first-order valence-corrected chi connectivity index (χ1v) is 2.05. The molecule has 1 rings (SSSR count). The summed E-state index contributed by atoms with van der Waals surface area (Å²) in [7, 11) is 0. The van der Waals surface area contributed by atoms with Gasteiger partial charge in [-0.05, 0) is 6.42 Å². The molecule has 1 aliphatic rings. The molecular weight excluding hydrogens is 271 g/mol. The maximum Gasteiger partial charge on any atom is 0.0807 e. The third kappa shape index (κ3) is 2.13. The van der Waals surface area contributed by atoms with Crippen LogP contribution in [0.15, 0.2) is 0 Å². The van der Waals surface area contributed by atoms with Crippen LogP contribution in [0.1, 0.15) is 13.3 Å². The van der Waals surface area contributed by atoms with Crippen molar-refractivity contribution in [3.05, 3.63) is 0 Å². The molecule has 34 valence electrons. The van der Waals surface area contributed by atoms with E-state index in [0.717, 1.165) is 6.61 Å². The van der Waals surface area contributed by atoms with Gasteiger partial charge in [-0.15, -0.1) is 0 Å². The molecule has 1 aliphatic heterocycles. The molecule has 0 saturated carbocycles. The molecule has 4 radical (unpaired) electrons. The third-order valence-electron chi connectivity index (χ3n) is 0.858. The topological polar surface area (TPSA) is 12.5 Å². The maximum absolute atomic E-state index is 4.86. The van der Waals surface area contributed by atoms with E-state index in [2.05, 4.69) is 6.92 Å². The van der Waals surface area contributed by atoms with Gasteiger partial charge in [-0.25, -0.2) is 0 Å². The first-order valence-electron chi connectivity index (χ1n) is 2.05. The first kappa shape index (κ1) is 6.88. The van der Waals surface area contributed by atoms with Crippen LogP contribution >= 0.6 is 0 Å². The van der Waals surface area contributed by atoms with Crippen LogP contribution < -0.4 is 0 Å². The SMILES string of the molecule is CCC1CO1.[Pb]. The summed E-state index contributed by atoms with van der Waals surface area (Å²) in [5, 5.41) is 0. The number of hydrogen-bond acceptors (Lipinski definition) is 1. The minimum absolute atomic E-state index is 0. The van der Waals surface area contributed by atoms with Crippen LogP contribution in [-0.4, -0.2) is 40.0 Å². The van der Waals surface area contributed by atoms with Crippen LogP contribution in [0.3, 0.4) is 0 Å². The van der Waals surface area contributed by atoms with E-state index in [1.54, 1.807) is 0 Å². The summed E-state index contributed by atoms with van der Waals surface area (Å²) in [5.74, 6) is 0. The molecule has 0 aliphatic carbocycles. The fraction of sp³-hybridized carbons (Fsp3) is 1.00. The van der Waals surface area contributed by atoms with E-state index >= 15 is 0 Å². The van der Waals surface area contributed by atoms with Gasteiger partial charge in [-0.1, -0.05) is 6.92 Å². The first-order chi connectivity index (χ1) is 2.43. The molecule has 0 aromatic carbocycles. The minimum atomic E-state index is 0. The smallest absolute Gasteiger partial charge is 0.0807 e. The second-order valence-electron chi connectivity index (χ2n) is 1.36. The van der Waals surface area contributed by atoms with Gasteiger partial charge in [0.2, 0.25) is 0 Å². The Labute approximate surface area is 58.2 Å². The second-order valence-corrected chi connectivity index (χ2v) is 1.36. The van der Waals surface area contributed by atoms with E-state index in [9.17, 15) is 0 Å². The molecule has 0 spiro atoms. The van der Waals surface area contributed by atoms with Crippen molar-refractivity contribution in [2.24, 2.45) is 0 Å². The maximum atomic E-state index is 4.86. The Morgan fingerprint density at radius 3 is 2.33 bits per heavy atom. The normalized spacial score (nSPS) is 28.5. The van der Waals surface area contributed by atoms with E-state index in [0.29, 0.717) is 6.10 Å². The van der Waals surface area contributed by atoms with Crippen LogP contribution in [0.4, 0.5) is 0 Å². The van der Waals surface area contributed by atoms with E-state index in [1.807, 2.05) is 0 Å². The summed E-state index contributed by atoms with van der Waals surface area (Å²) in [6, 6.07) is 0. The van der Waals surface area contributed by atoms with Crippen LogP contribution in [0, 0.1) is 0 Å². The van der Waals surface area contributed by atoms with Gasteiger partial charge in [0.1, 0.15) is 0 Å². The molecule has 1 atom stereocenters. The minimum Gasteiger partial charge on any atom is -0.373 e. The van der Waals surface area contributed by atoms with Crippen LogP contribution in [0.5, 0.6) is 0 Å². The Balaban J connectivity index is 0.000000250. The summed E-state index contributed by atoms with van der Waals surface area (Å²) in [4.78, 5) is 0. The molecule has 0 amide bonds. The fourth-order valence-electron chi connectivity index (χ4n) is 0.304. The van der Waals surface area contributed by atoms with Crippen molar-refractivity contribution < 1.29 is 4.74 Å². The average molecular weight is 279 g/mol. The molecule has 1 heterocycles. The molecule has 0 N–H and O–H groups in total. The van der Waals surface area contributed by atoms with Crippen molar-refractivity contribution in [3.8, 4) is 0 Å². The zero-order valence-corrected chi connectivity index (χ0v) is 7.79. The summed E-state index contributed by atoms with van der Waals surface area (Å²) in [6.07, 6.45) is 1.83. The fourth-order valence-corrected chi connectivity index (χ4v) is 0.304. The van der Waals surface area contributed by atoms with Gasteiger partial charge in [-0.2, -0.15) is 0 Å². The number of hydrogen-bond donors (Lipinski definition) is 0. The van der Waals surface area contributed by atoms with Gasteiger partial charge in [0.15, 0.2) is 0 Å². The molecule has 6 heavy (non-hydrogen) atoms. The molecule has 2 heteroatoms. The van der Waals surface area contributed by atoms with Crippen LogP contribution in [-0.2, 0) is 4.74 Å². The Morgan fingerprint density at radius 2 is 2.33 bits per heavy atom. The summed E-state index contributed by atoms with van der Waals surface area (Å²) < 4.78 is 4.86. The van der Waals surface area contributed by atoms with Crippen molar-refractivity contribution in [3.63, 3.8) is 0 Å². The molecule has 0 aromatic heterocycles. The Bertz CT molecular complexity index is 34.5. The Hall–Kier alpha value is 0.882. The Morgan fingerprint density at radius 1 is 1.83 bits per heavy atom. The molecule has 1 nitrogen and oxygen atoms in total. The summed E-state index contributed by atoms with van der Waals surface area (Å²) >= 11 is 0. The average Bonchev–Trinajstić information content (AvgIpc) is 2.12. The molecule has 0 bridgehead atoms. The van der Waals surface area contributed by atoms with E-state index in [-0.39, 0.29) is 27.3 Å². The zero-order chi connectivity index (χ0) is 3.70. The largest absolute Gasteiger partial charge is 0.373 e. The predicted octanol–water partition coefficient (Wildman–Crippen LogP) is 0.414. The monoisotopic (exact) mass is 280 g/mol. The third-order valence-corrected chi connectivity index (χ3v) is 0.858. The second kappa shape index (κ2) is 2.96. The van der Waals surface area contributed by atoms with E-state index < -0.39 is 0 Å². The molecule has 1 unspecified atom stereocenters.